The minimum atomic E-state index is -2.29. The van der Waals surface area contributed by atoms with Crippen LogP contribution in [0.25, 0.3) is 0 Å². The van der Waals surface area contributed by atoms with Gasteiger partial charge in [0.15, 0.2) is 56.4 Å². The molecular weight excluding hydrogens is 1270 g/mol. The number of aliphatic hydroxyl groups is 25. The molecule has 8 fully saturated rings. The average molecular weight is 1360 g/mol. The van der Waals surface area contributed by atoms with Gasteiger partial charge >= 0.3 is 5.97 Å². The fourth-order valence-corrected chi connectivity index (χ4v) is 11.8. The van der Waals surface area contributed by atoms with Crippen molar-refractivity contribution in [3.8, 4) is 0 Å². The average Bonchev–Trinajstić information content (AvgIpc) is 0.789. The van der Waals surface area contributed by atoms with Crippen LogP contribution in [0.15, 0.2) is 0 Å². The molecule has 0 aromatic carbocycles. The number of esters is 1. The van der Waals surface area contributed by atoms with E-state index in [1.807, 2.05) is 0 Å². The molecule has 0 spiro atoms. The Morgan fingerprint density at radius 3 is 0.707 bits per heavy atom. The summed E-state index contributed by atoms with van der Waals surface area (Å²) < 4.78 is 89.4. The van der Waals surface area contributed by atoms with Crippen LogP contribution < -0.4 is 0 Å². The Morgan fingerprint density at radius 1 is 0.239 bits per heavy atom. The number of hydrogen-bond acceptors (Lipinski definition) is 42. The molecule has 42 heteroatoms. The maximum absolute atomic E-state index is 12.5. The lowest BCUT2D eigenvalue weighted by molar-refractivity contribution is -0.399. The number of rotatable bonds is 23. The fourth-order valence-electron chi connectivity index (χ4n) is 11.8. The van der Waals surface area contributed by atoms with Crippen molar-refractivity contribution in [1.82, 2.24) is 0 Å². The topological polar surface area (TPSA) is 671 Å². The van der Waals surface area contributed by atoms with Crippen molar-refractivity contribution in [1.29, 1.82) is 0 Å². The number of carbonyl (C=O) groups excluding carboxylic acids is 1. The standard InChI is InChI=1S/C50H84O42/c1-10(59)77-42-34(75)41(91-49-32(73)25(66)39(16(7-56)83-49)89-46-30(71)22(63)36(13(4-53)81-46)87-44-28(69)20(61)19(60)11(2-51)79-44)18(9-58)85-50(42)92-40-17(8-57)84-48(33(74)26(40)67)90-38-15(6-55)82-47(31(72)24(38)65)88-37-14(5-54)80-45(29(70)23(37)64)86-35-12(3-52)78-43(76)27(68)21(35)62/h11-58,60-76H,2-9H2,1H3/t11-,12-,13-,14-,15-,16-,17-,18-,19-,20+,21-,22-,23-,24-,25-,26-,27+,28+,29+,30+,31+,32+,33+,34+,35-,36-,37-,38-,39-,40-,41-,42+,43?,44+,45+,46+,47+,48+,49+,50+/m1/s1. The summed E-state index contributed by atoms with van der Waals surface area (Å²) >= 11 is 0. The van der Waals surface area contributed by atoms with E-state index >= 15 is 0 Å². The van der Waals surface area contributed by atoms with Crippen molar-refractivity contribution in [2.24, 2.45) is 0 Å². The van der Waals surface area contributed by atoms with Gasteiger partial charge in [0.05, 0.1) is 52.9 Å². The minimum Gasteiger partial charge on any atom is -0.454 e. The van der Waals surface area contributed by atoms with E-state index in [4.69, 9.17) is 75.8 Å². The Balaban J connectivity index is 0.882. The van der Waals surface area contributed by atoms with Crippen molar-refractivity contribution in [2.75, 3.05) is 52.9 Å². The normalized spacial score (nSPS) is 52.2. The van der Waals surface area contributed by atoms with Gasteiger partial charge in [-0.1, -0.05) is 0 Å². The SMILES string of the molecule is CC(=O)O[C@@H]1[C@H](O[C@H]2[C@H](O)[C@H](O)[C@H](O[C@H]3[C@H](O)[C@H](O)[C@H](O[C@H]4[C@H](O)[C@H](O)[C@H](O[C@H]5[C@H](O)[C@H](O)C(O)O[C@@H]5CO)O[C@@H]4CO)O[C@@H]3CO)O[C@@H]2CO)O[C@H](CO)[C@@H](O[C@@H]2O[C@H](CO)[C@@H](O[C@@H]3O[C@H](CO)[C@@H](O[C@@H]4O[C@H](CO)[C@@H](O)[C@H](O)[C@@H]4O)[C@H](O)[C@@H]3O)[C@H](O)[C@@H]2O)[C@@H]1O. The lowest BCUT2D eigenvalue weighted by Gasteiger charge is -2.50. The van der Waals surface area contributed by atoms with E-state index < -0.39 is 304 Å². The molecular formula is C50H84O42. The van der Waals surface area contributed by atoms with Crippen LogP contribution in [0.4, 0.5) is 0 Å². The Kier molecular flexibility index (Phi) is 26.9. The molecule has 8 aliphatic rings. The first-order chi connectivity index (χ1) is 43.6. The Bertz CT molecular complexity index is 2240. The molecule has 40 atom stereocenters. The summed E-state index contributed by atoms with van der Waals surface area (Å²) in [4.78, 5) is 12.5. The maximum Gasteiger partial charge on any atom is 0.303 e. The molecule has 8 saturated heterocycles. The predicted molar refractivity (Wildman–Crippen MR) is 274 cm³/mol. The van der Waals surface area contributed by atoms with Crippen LogP contribution in [0.5, 0.6) is 0 Å². The third kappa shape index (κ3) is 15.6. The van der Waals surface area contributed by atoms with Gasteiger partial charge in [-0.25, -0.2) is 0 Å². The van der Waals surface area contributed by atoms with Gasteiger partial charge < -0.3 is 203 Å². The third-order valence-corrected chi connectivity index (χ3v) is 16.9. The quantitative estimate of drug-likeness (QED) is 0.0422. The molecule has 0 saturated carbocycles. The molecule has 1 unspecified atom stereocenters. The summed E-state index contributed by atoms with van der Waals surface area (Å²) in [5.74, 6) is -1.14. The summed E-state index contributed by atoms with van der Waals surface area (Å²) in [6, 6.07) is 0. The van der Waals surface area contributed by atoms with Crippen LogP contribution in [0, 0.1) is 0 Å². The van der Waals surface area contributed by atoms with E-state index in [2.05, 4.69) is 0 Å². The Hall–Kier alpha value is -2.13. The molecule has 25 N–H and O–H groups in total. The van der Waals surface area contributed by atoms with Crippen molar-refractivity contribution in [3.05, 3.63) is 0 Å². The van der Waals surface area contributed by atoms with Gasteiger partial charge in [-0.05, 0) is 0 Å². The van der Waals surface area contributed by atoms with Gasteiger partial charge in [0.1, 0.15) is 189 Å². The largest absolute Gasteiger partial charge is 0.454 e. The zero-order valence-electron chi connectivity index (χ0n) is 48.4. The molecule has 8 aliphatic heterocycles. The lowest BCUT2D eigenvalue weighted by Crippen LogP contribution is -2.68. The molecule has 0 bridgehead atoms. The van der Waals surface area contributed by atoms with Crippen LogP contribution in [0.1, 0.15) is 6.92 Å². The van der Waals surface area contributed by atoms with E-state index in [0.717, 1.165) is 6.92 Å². The van der Waals surface area contributed by atoms with Gasteiger partial charge in [0.2, 0.25) is 0 Å². The third-order valence-electron chi connectivity index (χ3n) is 16.9. The number of ether oxygens (including phenoxy) is 16. The van der Waals surface area contributed by atoms with Crippen LogP contribution in [0.2, 0.25) is 0 Å². The first kappa shape index (κ1) is 75.6. The van der Waals surface area contributed by atoms with Gasteiger partial charge in [-0.15, -0.1) is 0 Å². The molecule has 0 aromatic heterocycles. The monoisotopic (exact) mass is 1360 g/mol. The van der Waals surface area contributed by atoms with Crippen molar-refractivity contribution < 1.29 is 208 Å². The lowest BCUT2D eigenvalue weighted by atomic mass is 9.95. The predicted octanol–water partition coefficient (Wildman–Crippen LogP) is -17.9. The molecule has 8 rings (SSSR count). The van der Waals surface area contributed by atoms with E-state index in [-0.39, 0.29) is 0 Å². The molecule has 92 heavy (non-hydrogen) atoms. The summed E-state index contributed by atoms with van der Waals surface area (Å²) in [5, 5.41) is 267. The van der Waals surface area contributed by atoms with Crippen molar-refractivity contribution in [3.63, 3.8) is 0 Å². The first-order valence-electron chi connectivity index (χ1n) is 29.1. The van der Waals surface area contributed by atoms with Crippen LogP contribution >= 0.6 is 0 Å². The molecule has 536 valence electrons. The molecule has 0 amide bonds. The van der Waals surface area contributed by atoms with Gasteiger partial charge in [0, 0.05) is 6.92 Å². The van der Waals surface area contributed by atoms with Crippen LogP contribution in [-0.4, -0.2) is 432 Å². The second-order valence-corrected chi connectivity index (χ2v) is 23.0. The highest BCUT2D eigenvalue weighted by atomic mass is 16.8. The van der Waals surface area contributed by atoms with Crippen molar-refractivity contribution >= 4 is 5.97 Å². The second-order valence-electron chi connectivity index (χ2n) is 23.0. The number of aliphatic hydroxyl groups excluding tert-OH is 25. The number of hydrogen-bond donors (Lipinski definition) is 25. The smallest absolute Gasteiger partial charge is 0.303 e. The van der Waals surface area contributed by atoms with Crippen LogP contribution in [-0.2, 0) is 80.6 Å². The highest BCUT2D eigenvalue weighted by Crippen LogP contribution is 2.39. The van der Waals surface area contributed by atoms with Gasteiger partial charge in [0.25, 0.3) is 0 Å². The molecule has 0 aromatic rings. The summed E-state index contributed by atoms with van der Waals surface area (Å²) in [5.41, 5.74) is 0. The summed E-state index contributed by atoms with van der Waals surface area (Å²) in [7, 11) is 0. The highest BCUT2D eigenvalue weighted by molar-refractivity contribution is 5.66. The zero-order valence-corrected chi connectivity index (χ0v) is 48.4. The highest BCUT2D eigenvalue weighted by Gasteiger charge is 2.60. The molecule has 0 aliphatic carbocycles. The van der Waals surface area contributed by atoms with Gasteiger partial charge in [-0.3, -0.25) is 4.79 Å². The zero-order chi connectivity index (χ0) is 67.6. The van der Waals surface area contributed by atoms with E-state index in [9.17, 15) is 132 Å². The summed E-state index contributed by atoms with van der Waals surface area (Å²) in [6.07, 6.45) is -78.9. The fraction of sp³-hybridized carbons (Fsp3) is 0.980. The maximum atomic E-state index is 12.5. The van der Waals surface area contributed by atoms with E-state index in [1.54, 1.807) is 0 Å². The molecule has 8 heterocycles. The first-order valence-corrected chi connectivity index (χ1v) is 29.1. The molecule has 0 radical (unpaired) electrons. The summed E-state index contributed by atoms with van der Waals surface area (Å²) in [6.45, 7) is -7.33. The van der Waals surface area contributed by atoms with Crippen molar-refractivity contribution in [2.45, 2.75) is 253 Å². The second kappa shape index (κ2) is 32.7. The van der Waals surface area contributed by atoms with E-state index in [0.29, 0.717) is 0 Å². The van der Waals surface area contributed by atoms with Crippen LogP contribution in [0.3, 0.4) is 0 Å². The number of carbonyl (C=O) groups is 1. The molecule has 42 nitrogen and oxygen atoms in total. The van der Waals surface area contributed by atoms with E-state index in [1.165, 1.54) is 0 Å². The Labute approximate surface area is 518 Å². The van der Waals surface area contributed by atoms with Gasteiger partial charge in [-0.2, -0.15) is 0 Å². The minimum absolute atomic E-state index is 0.860. The Morgan fingerprint density at radius 2 is 0.446 bits per heavy atom.